The van der Waals surface area contributed by atoms with Gasteiger partial charge >= 0.3 is 0 Å². The van der Waals surface area contributed by atoms with E-state index in [9.17, 15) is 0 Å². The number of nitrogens with two attached hydrogens (primary N) is 1. The number of nitrogens with zero attached hydrogens (tertiary/aromatic N) is 3. The Bertz CT molecular complexity index is 405. The van der Waals surface area contributed by atoms with Crippen molar-refractivity contribution in [2.75, 3.05) is 29.0 Å². The summed E-state index contributed by atoms with van der Waals surface area (Å²) in [5.41, 5.74) is 5.83. The Labute approximate surface area is 115 Å². The van der Waals surface area contributed by atoms with Crippen molar-refractivity contribution in [2.45, 2.75) is 52.0 Å². The summed E-state index contributed by atoms with van der Waals surface area (Å²) >= 11 is 0. The molecule has 1 fully saturated rings. The molecule has 0 bridgehead atoms. The molecule has 0 aliphatic carbocycles. The van der Waals surface area contributed by atoms with Crippen LogP contribution in [-0.4, -0.2) is 29.1 Å². The number of anilines is 3. The highest BCUT2D eigenvalue weighted by atomic mass is 15.2. The summed E-state index contributed by atoms with van der Waals surface area (Å²) in [6, 6.07) is 2.62. The fourth-order valence-corrected chi connectivity index (χ4v) is 2.81. The topological polar surface area (TPSA) is 67.1 Å². The van der Waals surface area contributed by atoms with Crippen molar-refractivity contribution in [2.24, 2.45) is 0 Å². The monoisotopic (exact) mass is 263 g/mol. The van der Waals surface area contributed by atoms with Gasteiger partial charge in [-0.3, -0.25) is 0 Å². The molecule has 0 saturated carbocycles. The Morgan fingerprint density at radius 3 is 2.95 bits per heavy atom. The average Bonchev–Trinajstić information content (AvgIpc) is 2.39. The summed E-state index contributed by atoms with van der Waals surface area (Å²) in [5.74, 6) is 2.15. The molecule has 5 nitrogen and oxygen atoms in total. The van der Waals surface area contributed by atoms with E-state index in [1.807, 2.05) is 6.07 Å². The summed E-state index contributed by atoms with van der Waals surface area (Å²) in [5, 5.41) is 3.22. The highest BCUT2D eigenvalue weighted by Gasteiger charge is 2.23. The summed E-state index contributed by atoms with van der Waals surface area (Å²) in [6.07, 6.45) is 6.25. The molecule has 1 atom stereocenters. The second kappa shape index (κ2) is 6.59. The predicted molar refractivity (Wildman–Crippen MR) is 80.5 cm³/mol. The van der Waals surface area contributed by atoms with Gasteiger partial charge in [-0.25, -0.2) is 0 Å². The molecule has 0 amide bonds. The average molecular weight is 263 g/mol. The van der Waals surface area contributed by atoms with Crippen molar-refractivity contribution in [3.8, 4) is 0 Å². The van der Waals surface area contributed by atoms with E-state index in [4.69, 9.17) is 5.73 Å². The Morgan fingerprint density at radius 1 is 1.37 bits per heavy atom. The maximum Gasteiger partial charge on any atom is 0.223 e. The third kappa shape index (κ3) is 3.49. The number of hydrogen-bond acceptors (Lipinski definition) is 5. The number of aromatic nitrogens is 2. The van der Waals surface area contributed by atoms with Crippen LogP contribution in [0.2, 0.25) is 0 Å². The predicted octanol–water partition coefficient (Wildman–Crippen LogP) is 2.65. The lowest BCUT2D eigenvalue weighted by atomic mass is 9.98. The zero-order valence-electron chi connectivity index (χ0n) is 12.0. The molecule has 106 valence electrons. The minimum Gasteiger partial charge on any atom is -0.370 e. The molecule has 5 heteroatoms. The summed E-state index contributed by atoms with van der Waals surface area (Å²) in [7, 11) is 0. The van der Waals surface area contributed by atoms with Gasteiger partial charge in [-0.15, -0.1) is 0 Å². The molecule has 1 aliphatic heterocycles. The van der Waals surface area contributed by atoms with E-state index in [1.165, 1.54) is 32.1 Å². The molecule has 0 radical (unpaired) electrons. The van der Waals surface area contributed by atoms with E-state index in [2.05, 4.69) is 34.0 Å². The molecule has 1 aliphatic rings. The van der Waals surface area contributed by atoms with Gasteiger partial charge < -0.3 is 16.0 Å². The zero-order valence-corrected chi connectivity index (χ0v) is 12.0. The van der Waals surface area contributed by atoms with Gasteiger partial charge in [0, 0.05) is 25.2 Å². The van der Waals surface area contributed by atoms with Crippen LogP contribution in [0.4, 0.5) is 17.6 Å². The molecule has 19 heavy (non-hydrogen) atoms. The van der Waals surface area contributed by atoms with Gasteiger partial charge in [0.05, 0.1) is 0 Å². The van der Waals surface area contributed by atoms with E-state index < -0.39 is 0 Å². The Morgan fingerprint density at radius 2 is 2.21 bits per heavy atom. The first-order valence-corrected chi connectivity index (χ1v) is 7.39. The van der Waals surface area contributed by atoms with Crippen molar-refractivity contribution >= 4 is 17.6 Å². The van der Waals surface area contributed by atoms with Crippen molar-refractivity contribution in [3.05, 3.63) is 6.07 Å². The summed E-state index contributed by atoms with van der Waals surface area (Å²) in [6.45, 7) is 6.21. The van der Waals surface area contributed by atoms with Gasteiger partial charge in [0.2, 0.25) is 5.95 Å². The van der Waals surface area contributed by atoms with Crippen LogP contribution in [0.3, 0.4) is 0 Å². The van der Waals surface area contributed by atoms with E-state index in [1.54, 1.807) is 0 Å². The van der Waals surface area contributed by atoms with Crippen LogP contribution < -0.4 is 16.0 Å². The maximum atomic E-state index is 5.83. The molecular weight excluding hydrogens is 238 g/mol. The second-order valence-corrected chi connectivity index (χ2v) is 5.13. The van der Waals surface area contributed by atoms with Crippen molar-refractivity contribution < 1.29 is 0 Å². The summed E-state index contributed by atoms with van der Waals surface area (Å²) in [4.78, 5) is 11.1. The van der Waals surface area contributed by atoms with Crippen LogP contribution >= 0.6 is 0 Å². The molecule has 2 rings (SSSR count). The lowest BCUT2D eigenvalue weighted by Crippen LogP contribution is -2.40. The van der Waals surface area contributed by atoms with Crippen LogP contribution in [0, 0.1) is 0 Å². The molecule has 1 aromatic heterocycles. The first kappa shape index (κ1) is 13.9. The van der Waals surface area contributed by atoms with E-state index >= 15 is 0 Å². The quantitative estimate of drug-likeness (QED) is 0.855. The molecule has 3 N–H and O–H groups in total. The van der Waals surface area contributed by atoms with Crippen LogP contribution in [0.1, 0.15) is 46.0 Å². The van der Waals surface area contributed by atoms with Crippen molar-refractivity contribution in [1.82, 2.24) is 9.97 Å². The lowest BCUT2D eigenvalue weighted by Gasteiger charge is -2.36. The van der Waals surface area contributed by atoms with Crippen LogP contribution in [0.25, 0.3) is 0 Å². The smallest absolute Gasteiger partial charge is 0.223 e. The minimum absolute atomic E-state index is 0.356. The molecule has 1 aromatic rings. The van der Waals surface area contributed by atoms with E-state index in [0.717, 1.165) is 24.7 Å². The molecule has 1 unspecified atom stereocenters. The highest BCUT2D eigenvalue weighted by Crippen LogP contribution is 2.27. The minimum atomic E-state index is 0.356. The Balaban J connectivity index is 2.22. The first-order valence-electron chi connectivity index (χ1n) is 7.39. The SMILES string of the molecule is CCCC1CCCCN1c1cc(NCC)nc(N)n1. The molecule has 0 spiro atoms. The van der Waals surface area contributed by atoms with Crippen LogP contribution in [0.15, 0.2) is 6.07 Å². The summed E-state index contributed by atoms with van der Waals surface area (Å²) < 4.78 is 0. The van der Waals surface area contributed by atoms with E-state index in [0.29, 0.717) is 12.0 Å². The molecule has 2 heterocycles. The van der Waals surface area contributed by atoms with Gasteiger partial charge in [-0.1, -0.05) is 13.3 Å². The first-order chi connectivity index (χ1) is 9.24. The molecule has 0 aromatic carbocycles. The van der Waals surface area contributed by atoms with Crippen molar-refractivity contribution in [3.63, 3.8) is 0 Å². The zero-order chi connectivity index (χ0) is 13.7. The van der Waals surface area contributed by atoms with Crippen LogP contribution in [0.5, 0.6) is 0 Å². The second-order valence-electron chi connectivity index (χ2n) is 5.13. The van der Waals surface area contributed by atoms with E-state index in [-0.39, 0.29) is 0 Å². The Hall–Kier alpha value is -1.52. The lowest BCUT2D eigenvalue weighted by molar-refractivity contribution is 0.432. The van der Waals surface area contributed by atoms with Crippen LogP contribution in [-0.2, 0) is 0 Å². The Kier molecular flexibility index (Phi) is 4.82. The molecular formula is C14H25N5. The fraction of sp³-hybridized carbons (Fsp3) is 0.714. The number of piperidine rings is 1. The third-order valence-electron chi connectivity index (χ3n) is 3.63. The normalized spacial score (nSPS) is 19.5. The third-order valence-corrected chi connectivity index (χ3v) is 3.63. The largest absolute Gasteiger partial charge is 0.370 e. The van der Waals surface area contributed by atoms with Crippen molar-refractivity contribution in [1.29, 1.82) is 0 Å². The van der Waals surface area contributed by atoms with Gasteiger partial charge in [-0.2, -0.15) is 9.97 Å². The number of hydrogen-bond donors (Lipinski definition) is 2. The number of nitrogen functional groups attached to an aromatic ring is 1. The number of rotatable bonds is 5. The maximum absolute atomic E-state index is 5.83. The van der Waals surface area contributed by atoms with Gasteiger partial charge in [0.1, 0.15) is 11.6 Å². The standard InChI is InChI=1S/C14H25N5/c1-3-7-11-8-5-6-9-19(11)13-10-12(16-4-2)17-14(15)18-13/h10-11H,3-9H2,1-2H3,(H3,15,16,17,18). The number of nitrogens with one attached hydrogen (secondary N) is 1. The van der Waals surface area contributed by atoms with Gasteiger partial charge in [0.25, 0.3) is 0 Å². The molecule has 1 saturated heterocycles. The van der Waals surface area contributed by atoms with Gasteiger partial charge in [0.15, 0.2) is 0 Å². The fourth-order valence-electron chi connectivity index (χ4n) is 2.81. The van der Waals surface area contributed by atoms with Gasteiger partial charge in [-0.05, 0) is 32.6 Å². The highest BCUT2D eigenvalue weighted by molar-refractivity contribution is 5.53.